The third-order valence-electron chi connectivity index (χ3n) is 15.8. The van der Waals surface area contributed by atoms with E-state index in [1.165, 1.54) is 126 Å². The number of hydrogen-bond donors (Lipinski definition) is 0. The van der Waals surface area contributed by atoms with Gasteiger partial charge in [-0.15, -0.1) is 0 Å². The van der Waals surface area contributed by atoms with Crippen molar-refractivity contribution in [2.75, 3.05) is 0 Å². The predicted molar refractivity (Wildman–Crippen MR) is 286 cm³/mol. The smallest absolute Gasteiger partial charge is 0.143 e. The van der Waals surface area contributed by atoms with Crippen molar-refractivity contribution < 1.29 is 4.42 Å². The first-order valence-corrected chi connectivity index (χ1v) is 23.7. The van der Waals surface area contributed by atoms with E-state index in [-0.39, 0.29) is 0 Å². The highest BCUT2D eigenvalue weighted by Crippen LogP contribution is 2.66. The van der Waals surface area contributed by atoms with Crippen LogP contribution in [0.3, 0.4) is 0 Å². The molecule has 1 heteroatoms. The summed E-state index contributed by atoms with van der Waals surface area (Å²) in [5, 5.41) is 17.3. The molecule has 68 heavy (non-hydrogen) atoms. The molecule has 0 atom stereocenters. The summed E-state index contributed by atoms with van der Waals surface area (Å²) in [5.74, 6) is 0. The molecule has 1 aromatic heterocycles. The van der Waals surface area contributed by atoms with Crippen LogP contribution in [0.1, 0.15) is 22.3 Å². The number of rotatable bonds is 2. The highest BCUT2D eigenvalue weighted by molar-refractivity contribution is 6.26. The van der Waals surface area contributed by atoms with Crippen LogP contribution in [0.2, 0.25) is 0 Å². The van der Waals surface area contributed by atoms with Gasteiger partial charge in [-0.05, 0) is 150 Å². The quantitative estimate of drug-likeness (QED) is 0.125. The van der Waals surface area contributed by atoms with Crippen molar-refractivity contribution in [3.8, 4) is 44.5 Å². The fourth-order valence-corrected chi connectivity index (χ4v) is 13.2. The number of benzene rings is 13. The van der Waals surface area contributed by atoms with Gasteiger partial charge in [-0.1, -0.05) is 206 Å². The third kappa shape index (κ3) is 4.51. The summed E-state index contributed by atoms with van der Waals surface area (Å²) in [4.78, 5) is 0. The summed E-state index contributed by atoms with van der Waals surface area (Å²) >= 11 is 0. The first kappa shape index (κ1) is 36.4. The van der Waals surface area contributed by atoms with Gasteiger partial charge in [-0.3, -0.25) is 0 Å². The fourth-order valence-electron chi connectivity index (χ4n) is 13.2. The third-order valence-corrected chi connectivity index (χ3v) is 15.8. The summed E-state index contributed by atoms with van der Waals surface area (Å²) < 4.78 is 6.60. The molecular formula is C67H38O. The standard InChI is InChI=1S/C67H38O/c1-3-17-43-39(15-1)31-35-59-63(43)64-48-22-6-5-19-45(48)55-37-41(30-33-53(55)65(64)67(59)57-27-13-11-20-46(57)47-21-12-14-28-58(47)67)61-49-23-7-9-25-51(49)62(52-26-10-8-24-50(52)61)42-32-36-60-56(38-42)54-34-29-40-16-2-4-18-44(40)66(54)68-60/h1-38H. The molecule has 312 valence electrons. The zero-order chi connectivity index (χ0) is 44.2. The van der Waals surface area contributed by atoms with Gasteiger partial charge in [0.2, 0.25) is 0 Å². The molecule has 14 aromatic rings. The Bertz CT molecular complexity index is 4460. The Kier molecular flexibility index (Phi) is 7.07. The van der Waals surface area contributed by atoms with E-state index in [4.69, 9.17) is 4.42 Å². The van der Waals surface area contributed by atoms with E-state index >= 15 is 0 Å². The highest BCUT2D eigenvalue weighted by Gasteiger charge is 2.53. The van der Waals surface area contributed by atoms with Crippen LogP contribution in [0.15, 0.2) is 235 Å². The lowest BCUT2D eigenvalue weighted by Crippen LogP contribution is -2.26. The van der Waals surface area contributed by atoms with Gasteiger partial charge in [-0.25, -0.2) is 0 Å². The first-order valence-electron chi connectivity index (χ1n) is 23.7. The lowest BCUT2D eigenvalue weighted by atomic mass is 9.69. The van der Waals surface area contributed by atoms with Crippen LogP contribution in [0.25, 0.3) is 131 Å². The second-order valence-electron chi connectivity index (χ2n) is 18.9. The fraction of sp³-hybridized carbons (Fsp3) is 0.0149. The SMILES string of the molecule is c1ccc2c(c1)-c1ccccc1C21c2ccc3ccccc3c2-c2c1c1ccc(-c3c4ccccc4c(-c4ccc5oc6c7ccccc7ccc6c5c4)c4ccccc34)cc1c1ccccc21. The maximum atomic E-state index is 6.60. The molecule has 0 bridgehead atoms. The Hall–Kier alpha value is -8.78. The van der Waals surface area contributed by atoms with E-state index in [1.807, 2.05) is 0 Å². The van der Waals surface area contributed by atoms with Crippen LogP contribution in [0.4, 0.5) is 0 Å². The number of furan rings is 1. The molecule has 1 spiro atoms. The second kappa shape index (κ2) is 13.2. The van der Waals surface area contributed by atoms with Crippen LogP contribution in [0.5, 0.6) is 0 Å². The lowest BCUT2D eigenvalue weighted by molar-refractivity contribution is 0.672. The van der Waals surface area contributed by atoms with Crippen molar-refractivity contribution in [2.45, 2.75) is 5.41 Å². The van der Waals surface area contributed by atoms with Crippen LogP contribution in [0, 0.1) is 0 Å². The minimum atomic E-state index is -0.499. The van der Waals surface area contributed by atoms with E-state index < -0.39 is 5.41 Å². The summed E-state index contributed by atoms with van der Waals surface area (Å²) in [6.45, 7) is 0. The van der Waals surface area contributed by atoms with Gasteiger partial charge in [0, 0.05) is 16.2 Å². The van der Waals surface area contributed by atoms with Crippen molar-refractivity contribution in [2.24, 2.45) is 0 Å². The van der Waals surface area contributed by atoms with Gasteiger partial charge in [0.25, 0.3) is 0 Å². The largest absolute Gasteiger partial charge is 0.455 e. The molecule has 16 rings (SSSR count). The Balaban J connectivity index is 0.996. The topological polar surface area (TPSA) is 13.1 Å². The molecule has 0 radical (unpaired) electrons. The van der Waals surface area contributed by atoms with Gasteiger partial charge in [-0.2, -0.15) is 0 Å². The van der Waals surface area contributed by atoms with Crippen molar-refractivity contribution in [1.29, 1.82) is 0 Å². The van der Waals surface area contributed by atoms with Crippen LogP contribution >= 0.6 is 0 Å². The maximum Gasteiger partial charge on any atom is 0.143 e. The maximum absolute atomic E-state index is 6.60. The number of hydrogen-bond acceptors (Lipinski definition) is 1. The molecule has 0 aliphatic heterocycles. The Labute approximate surface area is 391 Å². The average molecular weight is 859 g/mol. The summed E-state index contributed by atoms with van der Waals surface area (Å²) in [6, 6.07) is 86.5. The zero-order valence-electron chi connectivity index (χ0n) is 36.8. The van der Waals surface area contributed by atoms with Crippen molar-refractivity contribution in [3.05, 3.63) is 253 Å². The van der Waals surface area contributed by atoms with E-state index in [2.05, 4.69) is 231 Å². The zero-order valence-corrected chi connectivity index (χ0v) is 36.8. The highest BCUT2D eigenvalue weighted by atomic mass is 16.3. The summed E-state index contributed by atoms with van der Waals surface area (Å²) in [5.41, 5.74) is 17.1. The first-order chi connectivity index (χ1) is 33.8. The number of fused-ring (bicyclic) bond motifs is 24. The normalized spacial score (nSPS) is 13.4. The second-order valence-corrected chi connectivity index (χ2v) is 18.9. The lowest BCUT2D eigenvalue weighted by Gasteiger charge is -2.32. The molecule has 0 unspecified atom stereocenters. The van der Waals surface area contributed by atoms with Crippen LogP contribution in [-0.2, 0) is 5.41 Å². The van der Waals surface area contributed by atoms with E-state index in [1.54, 1.807) is 0 Å². The van der Waals surface area contributed by atoms with Crippen molar-refractivity contribution in [1.82, 2.24) is 0 Å². The molecule has 2 aliphatic carbocycles. The Morgan fingerprint density at radius 2 is 0.735 bits per heavy atom. The molecule has 2 aliphatic rings. The molecule has 0 saturated heterocycles. The minimum absolute atomic E-state index is 0.499. The summed E-state index contributed by atoms with van der Waals surface area (Å²) in [6.07, 6.45) is 0. The molecule has 0 fully saturated rings. The molecule has 1 nitrogen and oxygen atoms in total. The van der Waals surface area contributed by atoms with Gasteiger partial charge < -0.3 is 4.42 Å². The van der Waals surface area contributed by atoms with E-state index in [0.29, 0.717) is 0 Å². The molecule has 0 N–H and O–H groups in total. The average Bonchev–Trinajstić information content (AvgIpc) is 4.05. The van der Waals surface area contributed by atoms with E-state index in [0.717, 1.165) is 27.3 Å². The van der Waals surface area contributed by atoms with Gasteiger partial charge >= 0.3 is 0 Å². The minimum Gasteiger partial charge on any atom is -0.455 e. The summed E-state index contributed by atoms with van der Waals surface area (Å²) in [7, 11) is 0. The van der Waals surface area contributed by atoms with Gasteiger partial charge in [0.15, 0.2) is 0 Å². The monoisotopic (exact) mass is 858 g/mol. The van der Waals surface area contributed by atoms with Crippen molar-refractivity contribution in [3.63, 3.8) is 0 Å². The van der Waals surface area contributed by atoms with Crippen molar-refractivity contribution >= 4 is 86.6 Å². The predicted octanol–water partition coefficient (Wildman–Crippen LogP) is 18.2. The molecule has 0 saturated carbocycles. The molecule has 0 amide bonds. The molecule has 13 aromatic carbocycles. The van der Waals surface area contributed by atoms with Gasteiger partial charge in [0.05, 0.1) is 5.41 Å². The molecular weight excluding hydrogens is 821 g/mol. The van der Waals surface area contributed by atoms with Gasteiger partial charge in [0.1, 0.15) is 11.2 Å². The van der Waals surface area contributed by atoms with E-state index in [9.17, 15) is 0 Å². The Morgan fingerprint density at radius 3 is 1.38 bits per heavy atom. The molecule has 1 heterocycles. The Morgan fingerprint density at radius 1 is 0.265 bits per heavy atom. The van der Waals surface area contributed by atoms with Crippen LogP contribution in [-0.4, -0.2) is 0 Å². The van der Waals surface area contributed by atoms with Crippen LogP contribution < -0.4 is 0 Å².